The van der Waals surface area contributed by atoms with Gasteiger partial charge in [0, 0.05) is 43.7 Å². The molecule has 5 nitrogen and oxygen atoms in total. The Labute approximate surface area is 152 Å². The molecule has 26 heavy (non-hydrogen) atoms. The summed E-state index contributed by atoms with van der Waals surface area (Å²) in [6.07, 6.45) is 5.12. The van der Waals surface area contributed by atoms with E-state index in [1.165, 1.54) is 10.9 Å². The van der Waals surface area contributed by atoms with Crippen molar-refractivity contribution in [1.82, 2.24) is 19.4 Å². The molecule has 0 unspecified atom stereocenters. The molecule has 0 fully saturated rings. The Hall–Kier alpha value is -3.08. The van der Waals surface area contributed by atoms with Crippen LogP contribution in [0.25, 0.3) is 21.9 Å². The number of carbonyl (C=O) groups excluding carboxylic acids is 1. The first-order valence-corrected chi connectivity index (χ1v) is 8.91. The van der Waals surface area contributed by atoms with Crippen LogP contribution in [0, 0.1) is 0 Å². The van der Waals surface area contributed by atoms with Crippen LogP contribution < -0.4 is 0 Å². The van der Waals surface area contributed by atoms with E-state index in [9.17, 15) is 4.79 Å². The molecule has 0 aliphatic carbocycles. The van der Waals surface area contributed by atoms with Crippen LogP contribution in [0.4, 0.5) is 0 Å². The van der Waals surface area contributed by atoms with E-state index in [1.54, 1.807) is 0 Å². The first-order chi connectivity index (χ1) is 12.7. The van der Waals surface area contributed by atoms with Gasteiger partial charge in [0.25, 0.3) is 0 Å². The average molecular weight is 346 g/mol. The number of amides is 1. The van der Waals surface area contributed by atoms with Crippen LogP contribution >= 0.6 is 0 Å². The average Bonchev–Trinajstić information content (AvgIpc) is 3.28. The largest absolute Gasteiger partial charge is 0.361 e. The van der Waals surface area contributed by atoms with Crippen molar-refractivity contribution in [3.05, 3.63) is 66.6 Å². The van der Waals surface area contributed by atoms with Gasteiger partial charge in [-0.15, -0.1) is 0 Å². The van der Waals surface area contributed by atoms with Gasteiger partial charge in [-0.1, -0.05) is 30.3 Å². The molecule has 0 radical (unpaired) electrons. The van der Waals surface area contributed by atoms with Gasteiger partial charge >= 0.3 is 0 Å². The van der Waals surface area contributed by atoms with Crippen molar-refractivity contribution in [1.29, 1.82) is 0 Å². The number of carbonyl (C=O) groups is 1. The lowest BCUT2D eigenvalue weighted by atomic mass is 10.1. The van der Waals surface area contributed by atoms with E-state index >= 15 is 0 Å². The standard InChI is InChI=1S/C21H22N4O/c1-24(12-13-25-15-23-19-8-4-5-9-20(19)25)21(26)11-10-16-14-22-18-7-3-2-6-17(16)18/h2-9,14-15,22H,10-13H2,1H3. The molecule has 132 valence electrons. The molecule has 0 saturated heterocycles. The molecule has 0 saturated carbocycles. The van der Waals surface area contributed by atoms with Gasteiger partial charge in [-0.05, 0) is 30.2 Å². The monoisotopic (exact) mass is 346 g/mol. The number of aryl methyl sites for hydroxylation is 1. The third-order valence-electron chi connectivity index (χ3n) is 4.91. The van der Waals surface area contributed by atoms with Gasteiger partial charge in [-0.3, -0.25) is 4.79 Å². The number of aromatic nitrogens is 3. The molecule has 2 aromatic carbocycles. The van der Waals surface area contributed by atoms with Gasteiger partial charge in [0.15, 0.2) is 0 Å². The predicted octanol–water partition coefficient (Wildman–Crippen LogP) is 3.61. The van der Waals surface area contributed by atoms with Crippen molar-refractivity contribution in [2.75, 3.05) is 13.6 Å². The summed E-state index contributed by atoms with van der Waals surface area (Å²) in [6, 6.07) is 16.3. The zero-order chi connectivity index (χ0) is 17.9. The van der Waals surface area contributed by atoms with Crippen molar-refractivity contribution in [3.63, 3.8) is 0 Å². The van der Waals surface area contributed by atoms with E-state index in [1.807, 2.05) is 54.8 Å². The van der Waals surface area contributed by atoms with Gasteiger partial charge in [-0.25, -0.2) is 4.98 Å². The first kappa shape index (κ1) is 16.4. The zero-order valence-corrected chi connectivity index (χ0v) is 14.9. The third kappa shape index (κ3) is 3.20. The number of hydrogen-bond acceptors (Lipinski definition) is 2. The molecular formula is C21H22N4O. The van der Waals surface area contributed by atoms with E-state index in [-0.39, 0.29) is 5.91 Å². The summed E-state index contributed by atoms with van der Waals surface area (Å²) in [5, 5.41) is 1.20. The van der Waals surface area contributed by atoms with Crippen LogP contribution in [0.2, 0.25) is 0 Å². The minimum absolute atomic E-state index is 0.166. The Balaban J connectivity index is 1.34. The molecule has 2 aromatic heterocycles. The van der Waals surface area contributed by atoms with Gasteiger partial charge < -0.3 is 14.5 Å². The quantitative estimate of drug-likeness (QED) is 0.580. The second-order valence-corrected chi connectivity index (χ2v) is 6.60. The lowest BCUT2D eigenvalue weighted by Gasteiger charge is -2.17. The number of aromatic amines is 1. The van der Waals surface area contributed by atoms with E-state index in [0.29, 0.717) is 13.0 Å². The number of nitrogens with one attached hydrogen (secondary N) is 1. The maximum absolute atomic E-state index is 12.5. The predicted molar refractivity (Wildman–Crippen MR) is 104 cm³/mol. The number of hydrogen-bond donors (Lipinski definition) is 1. The normalized spacial score (nSPS) is 11.3. The topological polar surface area (TPSA) is 53.9 Å². The number of likely N-dealkylation sites (N-methyl/N-ethyl adjacent to an activating group) is 1. The summed E-state index contributed by atoms with van der Waals surface area (Å²) in [6.45, 7) is 1.42. The lowest BCUT2D eigenvalue weighted by molar-refractivity contribution is -0.129. The molecule has 0 aliphatic heterocycles. The van der Waals surface area contributed by atoms with E-state index < -0.39 is 0 Å². The second-order valence-electron chi connectivity index (χ2n) is 6.60. The fourth-order valence-corrected chi connectivity index (χ4v) is 3.34. The maximum atomic E-state index is 12.5. The van der Waals surface area contributed by atoms with Crippen LogP contribution in [-0.4, -0.2) is 38.9 Å². The number of imidazole rings is 1. The summed E-state index contributed by atoms with van der Waals surface area (Å²) in [5.74, 6) is 0.166. The molecule has 0 spiro atoms. The molecule has 0 bridgehead atoms. The third-order valence-corrected chi connectivity index (χ3v) is 4.91. The summed E-state index contributed by atoms with van der Waals surface area (Å²) in [4.78, 5) is 22.0. The van der Waals surface area contributed by atoms with Crippen molar-refractivity contribution in [3.8, 4) is 0 Å². The lowest BCUT2D eigenvalue weighted by Crippen LogP contribution is -2.30. The minimum atomic E-state index is 0.166. The molecule has 0 aliphatic rings. The van der Waals surface area contributed by atoms with E-state index in [2.05, 4.69) is 32.7 Å². The van der Waals surface area contributed by atoms with E-state index in [4.69, 9.17) is 0 Å². The van der Waals surface area contributed by atoms with Crippen LogP contribution in [0.1, 0.15) is 12.0 Å². The first-order valence-electron chi connectivity index (χ1n) is 8.91. The SMILES string of the molecule is CN(CCn1cnc2ccccc21)C(=O)CCc1c[nH]c2ccccc12. The fraction of sp³-hybridized carbons (Fsp3) is 0.238. The summed E-state index contributed by atoms with van der Waals surface area (Å²) in [7, 11) is 1.87. The Morgan fingerprint density at radius 2 is 1.96 bits per heavy atom. The van der Waals surface area contributed by atoms with Crippen molar-refractivity contribution >= 4 is 27.8 Å². The second kappa shape index (κ2) is 7.04. The number of rotatable bonds is 6. The Bertz CT molecular complexity index is 1050. The number of benzene rings is 2. The highest BCUT2D eigenvalue weighted by Gasteiger charge is 2.11. The molecular weight excluding hydrogens is 324 g/mol. The molecule has 1 N–H and O–H groups in total. The van der Waals surface area contributed by atoms with Crippen molar-refractivity contribution < 1.29 is 4.79 Å². The highest BCUT2D eigenvalue weighted by molar-refractivity contribution is 5.84. The van der Waals surface area contributed by atoms with Crippen molar-refractivity contribution in [2.24, 2.45) is 0 Å². The fourth-order valence-electron chi connectivity index (χ4n) is 3.34. The van der Waals surface area contributed by atoms with Crippen LogP contribution in [0.15, 0.2) is 61.1 Å². The molecule has 4 aromatic rings. The number of H-pyrrole nitrogens is 1. The van der Waals surface area contributed by atoms with Crippen LogP contribution in [-0.2, 0) is 17.8 Å². The molecule has 2 heterocycles. The summed E-state index contributed by atoms with van der Waals surface area (Å²) < 4.78 is 2.10. The highest BCUT2D eigenvalue weighted by atomic mass is 16.2. The molecule has 5 heteroatoms. The van der Waals surface area contributed by atoms with Gasteiger partial charge in [0.05, 0.1) is 17.4 Å². The Morgan fingerprint density at radius 3 is 2.88 bits per heavy atom. The maximum Gasteiger partial charge on any atom is 0.222 e. The van der Waals surface area contributed by atoms with Crippen molar-refractivity contribution in [2.45, 2.75) is 19.4 Å². The smallest absolute Gasteiger partial charge is 0.222 e. The van der Waals surface area contributed by atoms with Crippen LogP contribution in [0.5, 0.6) is 0 Å². The highest BCUT2D eigenvalue weighted by Crippen LogP contribution is 2.19. The number of nitrogens with zero attached hydrogens (tertiary/aromatic N) is 3. The summed E-state index contributed by atoms with van der Waals surface area (Å²) in [5.41, 5.74) is 4.41. The Kier molecular flexibility index (Phi) is 4.44. The van der Waals surface area contributed by atoms with Gasteiger partial charge in [0.1, 0.15) is 0 Å². The molecule has 1 amide bonds. The van der Waals surface area contributed by atoms with Gasteiger partial charge in [0.2, 0.25) is 5.91 Å². The number of para-hydroxylation sites is 3. The van der Waals surface area contributed by atoms with E-state index in [0.717, 1.165) is 29.5 Å². The van der Waals surface area contributed by atoms with Crippen LogP contribution in [0.3, 0.4) is 0 Å². The van der Waals surface area contributed by atoms with Gasteiger partial charge in [-0.2, -0.15) is 0 Å². The summed E-state index contributed by atoms with van der Waals surface area (Å²) >= 11 is 0. The molecule has 0 atom stereocenters. The molecule has 4 rings (SSSR count). The zero-order valence-electron chi connectivity index (χ0n) is 14.9. The minimum Gasteiger partial charge on any atom is -0.361 e. The Morgan fingerprint density at radius 1 is 1.15 bits per heavy atom. The number of fused-ring (bicyclic) bond motifs is 2.